The first-order valence-corrected chi connectivity index (χ1v) is 10.7. The van der Waals surface area contributed by atoms with Crippen LogP contribution in [-0.4, -0.2) is 0 Å². The molecule has 1 aliphatic carbocycles. The highest BCUT2D eigenvalue weighted by molar-refractivity contribution is 9.10. The van der Waals surface area contributed by atoms with E-state index in [0.717, 1.165) is 4.47 Å². The third-order valence-electron chi connectivity index (χ3n) is 4.86. The van der Waals surface area contributed by atoms with Gasteiger partial charge in [-0.15, -0.1) is 0 Å². The summed E-state index contributed by atoms with van der Waals surface area (Å²) in [5.41, 5.74) is 7.97. The molecule has 138 valence electrons. The van der Waals surface area contributed by atoms with Gasteiger partial charge in [0.05, 0.1) is 0 Å². The minimum Gasteiger partial charge on any atom is -0.0807 e. The zero-order valence-corrected chi connectivity index (χ0v) is 17.8. The van der Waals surface area contributed by atoms with E-state index in [9.17, 15) is 0 Å². The second-order valence-corrected chi connectivity index (χ2v) is 7.57. The Balaban J connectivity index is 0.00000102. The molecule has 27 heavy (non-hydrogen) atoms. The van der Waals surface area contributed by atoms with E-state index in [0.29, 0.717) is 0 Å². The number of benzene rings is 3. The summed E-state index contributed by atoms with van der Waals surface area (Å²) in [6, 6.07) is 26.3. The van der Waals surface area contributed by atoms with Gasteiger partial charge in [0.1, 0.15) is 0 Å². The average Bonchev–Trinajstić information content (AvgIpc) is 2.76. The van der Waals surface area contributed by atoms with Crippen molar-refractivity contribution in [2.75, 3.05) is 0 Å². The van der Waals surface area contributed by atoms with Crippen LogP contribution in [0.4, 0.5) is 0 Å². The molecule has 1 heteroatoms. The van der Waals surface area contributed by atoms with Gasteiger partial charge in [-0.1, -0.05) is 78.3 Å². The summed E-state index contributed by atoms with van der Waals surface area (Å²) in [4.78, 5) is 0. The van der Waals surface area contributed by atoms with E-state index in [-0.39, 0.29) is 0 Å². The Morgan fingerprint density at radius 2 is 1.30 bits per heavy atom. The fraction of sp³-hybridized carbons (Fsp3) is 0.231. The maximum absolute atomic E-state index is 3.61. The minimum absolute atomic E-state index is 1.12. The molecule has 0 nitrogen and oxygen atoms in total. The molecule has 1 aliphatic rings. The van der Waals surface area contributed by atoms with Gasteiger partial charge in [0.2, 0.25) is 0 Å². The highest BCUT2D eigenvalue weighted by atomic mass is 79.9. The van der Waals surface area contributed by atoms with Crippen LogP contribution in [-0.2, 0) is 0 Å². The summed E-state index contributed by atoms with van der Waals surface area (Å²) >= 11 is 3.61. The minimum atomic E-state index is 1.12. The lowest BCUT2D eigenvalue weighted by molar-refractivity contribution is 0.742. The first-order valence-electron chi connectivity index (χ1n) is 9.95. The molecule has 0 aromatic heterocycles. The van der Waals surface area contributed by atoms with Crippen LogP contribution in [0.25, 0.3) is 27.8 Å². The zero-order chi connectivity index (χ0) is 19.1. The van der Waals surface area contributed by atoms with Gasteiger partial charge in [0.25, 0.3) is 0 Å². The van der Waals surface area contributed by atoms with Crippen molar-refractivity contribution in [3.63, 3.8) is 0 Å². The topological polar surface area (TPSA) is 0 Å². The van der Waals surface area contributed by atoms with Crippen LogP contribution in [0, 0.1) is 0 Å². The molecule has 0 spiro atoms. The number of rotatable bonds is 3. The number of allylic oxidation sites excluding steroid dienone is 2. The van der Waals surface area contributed by atoms with Crippen LogP contribution in [0.2, 0.25) is 0 Å². The summed E-state index contributed by atoms with van der Waals surface area (Å²) in [6.07, 6.45) is 7.44. The highest BCUT2D eigenvalue weighted by Gasteiger charge is 2.11. The molecule has 4 rings (SSSR count). The third kappa shape index (κ3) is 4.99. The van der Waals surface area contributed by atoms with Crippen molar-refractivity contribution < 1.29 is 0 Å². The van der Waals surface area contributed by atoms with Crippen LogP contribution in [0.3, 0.4) is 0 Å². The molecule has 0 amide bonds. The van der Waals surface area contributed by atoms with E-state index in [1.54, 1.807) is 0 Å². The van der Waals surface area contributed by atoms with Crippen molar-refractivity contribution in [2.24, 2.45) is 0 Å². The molecular formula is C26H27Br. The van der Waals surface area contributed by atoms with Gasteiger partial charge < -0.3 is 0 Å². The Hall–Kier alpha value is -2.12. The van der Waals surface area contributed by atoms with Crippen molar-refractivity contribution >= 4 is 21.5 Å². The molecule has 0 bridgehead atoms. The lowest BCUT2D eigenvalue weighted by Gasteiger charge is -2.16. The number of hydrogen-bond acceptors (Lipinski definition) is 0. The van der Waals surface area contributed by atoms with E-state index < -0.39 is 0 Å². The van der Waals surface area contributed by atoms with Crippen molar-refractivity contribution in [2.45, 2.75) is 39.5 Å². The molecule has 3 aromatic rings. The standard InChI is InChI=1S/C24H21Br.C2H6/c25-24-13-7-12-20(17-24)23-15-21(18-8-3-1-4-9-18)14-22(16-23)19-10-5-2-6-11-19;1-2/h1,3-4,7-10,12-17H,2,5-6,11H2;1-2H3. The molecular weight excluding hydrogens is 392 g/mol. The Kier molecular flexibility index (Phi) is 7.06. The van der Waals surface area contributed by atoms with Gasteiger partial charge >= 0.3 is 0 Å². The predicted octanol–water partition coefficient (Wildman–Crippen LogP) is 8.77. The smallest absolute Gasteiger partial charge is 0.0181 e. The summed E-state index contributed by atoms with van der Waals surface area (Å²) in [5, 5.41) is 0. The zero-order valence-electron chi connectivity index (χ0n) is 16.2. The summed E-state index contributed by atoms with van der Waals surface area (Å²) in [7, 11) is 0. The third-order valence-corrected chi connectivity index (χ3v) is 5.35. The van der Waals surface area contributed by atoms with Gasteiger partial charge in [-0.3, -0.25) is 0 Å². The normalized spacial score (nSPS) is 13.4. The first kappa shape index (κ1) is 19.6. The molecule has 0 unspecified atom stereocenters. The van der Waals surface area contributed by atoms with Crippen LogP contribution >= 0.6 is 15.9 Å². The predicted molar refractivity (Wildman–Crippen MR) is 123 cm³/mol. The van der Waals surface area contributed by atoms with Gasteiger partial charge in [-0.05, 0) is 89.4 Å². The quantitative estimate of drug-likeness (QED) is 0.398. The van der Waals surface area contributed by atoms with Crippen molar-refractivity contribution in [1.29, 1.82) is 0 Å². The Bertz CT molecular complexity index is 907. The van der Waals surface area contributed by atoms with Crippen molar-refractivity contribution in [3.8, 4) is 22.3 Å². The number of hydrogen-bond donors (Lipinski definition) is 0. The van der Waals surface area contributed by atoms with Gasteiger partial charge in [-0.25, -0.2) is 0 Å². The molecule has 0 aliphatic heterocycles. The van der Waals surface area contributed by atoms with Crippen LogP contribution in [0.1, 0.15) is 45.1 Å². The van der Waals surface area contributed by atoms with E-state index in [4.69, 9.17) is 0 Å². The fourth-order valence-corrected chi connectivity index (χ4v) is 3.94. The molecule has 3 aromatic carbocycles. The van der Waals surface area contributed by atoms with E-state index in [2.05, 4.69) is 94.8 Å². The largest absolute Gasteiger partial charge is 0.0807 e. The van der Waals surface area contributed by atoms with E-state index in [1.165, 1.54) is 59.1 Å². The second kappa shape index (κ2) is 9.71. The molecule has 0 N–H and O–H groups in total. The lowest BCUT2D eigenvalue weighted by Crippen LogP contribution is -1.94. The van der Waals surface area contributed by atoms with Crippen LogP contribution < -0.4 is 0 Å². The monoisotopic (exact) mass is 418 g/mol. The molecule has 0 radical (unpaired) electrons. The highest BCUT2D eigenvalue weighted by Crippen LogP contribution is 2.34. The average molecular weight is 419 g/mol. The van der Waals surface area contributed by atoms with Crippen LogP contribution in [0.5, 0.6) is 0 Å². The molecule has 0 atom stereocenters. The van der Waals surface area contributed by atoms with Crippen molar-refractivity contribution in [1.82, 2.24) is 0 Å². The van der Waals surface area contributed by atoms with E-state index >= 15 is 0 Å². The Morgan fingerprint density at radius 1 is 0.630 bits per heavy atom. The van der Waals surface area contributed by atoms with E-state index in [1.807, 2.05) is 13.8 Å². The lowest BCUT2D eigenvalue weighted by atomic mass is 9.89. The number of halogens is 1. The Labute approximate surface area is 172 Å². The second-order valence-electron chi connectivity index (χ2n) is 6.65. The summed E-state index contributed by atoms with van der Waals surface area (Å²) in [5.74, 6) is 0. The van der Waals surface area contributed by atoms with Crippen LogP contribution in [0.15, 0.2) is 83.3 Å². The molecule has 0 fully saturated rings. The Morgan fingerprint density at radius 3 is 1.96 bits per heavy atom. The van der Waals surface area contributed by atoms with Gasteiger partial charge in [0.15, 0.2) is 0 Å². The maximum Gasteiger partial charge on any atom is 0.0181 e. The first-order chi connectivity index (χ1) is 13.3. The van der Waals surface area contributed by atoms with Crippen molar-refractivity contribution in [3.05, 3.63) is 88.9 Å². The van der Waals surface area contributed by atoms with Gasteiger partial charge in [-0.2, -0.15) is 0 Å². The SMILES string of the molecule is Brc1cccc(-c2cc(C3=CCCCC3)cc(-c3ccccc3)c2)c1.CC. The molecule has 0 saturated heterocycles. The van der Waals surface area contributed by atoms with Gasteiger partial charge in [0, 0.05) is 4.47 Å². The molecule has 0 saturated carbocycles. The maximum atomic E-state index is 3.61. The summed E-state index contributed by atoms with van der Waals surface area (Å²) < 4.78 is 1.12. The molecule has 0 heterocycles. The summed E-state index contributed by atoms with van der Waals surface area (Å²) in [6.45, 7) is 4.00. The fourth-order valence-electron chi connectivity index (χ4n) is 3.55.